The third kappa shape index (κ3) is 3.38. The molecule has 2 aromatic carbocycles. The number of ether oxygens (including phenoxy) is 1. The molecule has 0 bridgehead atoms. The van der Waals surface area contributed by atoms with Crippen molar-refractivity contribution >= 4 is 43.6 Å². The molecule has 2 heterocycles. The minimum atomic E-state index is -0.563. The van der Waals surface area contributed by atoms with Crippen LogP contribution in [0.3, 0.4) is 0 Å². The number of benzene rings is 2. The first-order valence-corrected chi connectivity index (χ1v) is 9.58. The number of hydrogen-bond acceptors (Lipinski definition) is 6. The molecule has 2 N–H and O–H groups in total. The van der Waals surface area contributed by atoms with Crippen molar-refractivity contribution in [2.24, 2.45) is 0 Å². The molecule has 0 spiro atoms. The van der Waals surface area contributed by atoms with Crippen LogP contribution in [0, 0.1) is 0 Å². The number of halogens is 1. The summed E-state index contributed by atoms with van der Waals surface area (Å²) >= 11 is 3.37. The second kappa shape index (κ2) is 7.36. The van der Waals surface area contributed by atoms with Gasteiger partial charge in [-0.15, -0.1) is 0 Å². The summed E-state index contributed by atoms with van der Waals surface area (Å²) in [6.45, 7) is 0.571. The van der Waals surface area contributed by atoms with E-state index in [0.717, 1.165) is 17.3 Å². The zero-order valence-corrected chi connectivity index (χ0v) is 15.9. The molecule has 4 rings (SSSR count). The SMILES string of the molecule is Nc1nc(-c2ccccc2)nc2c1c(=O)oc1cc(OCCCBr)ccc12. The van der Waals surface area contributed by atoms with E-state index in [2.05, 4.69) is 25.9 Å². The molecule has 0 aliphatic carbocycles. The Morgan fingerprint density at radius 3 is 2.70 bits per heavy atom. The van der Waals surface area contributed by atoms with E-state index >= 15 is 0 Å². The Bertz CT molecular complexity index is 1180. The van der Waals surface area contributed by atoms with Gasteiger partial charge in [-0.1, -0.05) is 46.3 Å². The minimum absolute atomic E-state index is 0.104. The lowest BCUT2D eigenvalue weighted by Crippen LogP contribution is -2.08. The fourth-order valence-corrected chi connectivity index (χ4v) is 3.09. The third-order valence-electron chi connectivity index (χ3n) is 4.13. The Morgan fingerprint density at radius 2 is 1.93 bits per heavy atom. The topological polar surface area (TPSA) is 91.2 Å². The number of alkyl halides is 1. The summed E-state index contributed by atoms with van der Waals surface area (Å²) in [5.74, 6) is 1.20. The van der Waals surface area contributed by atoms with E-state index in [1.165, 1.54) is 0 Å². The van der Waals surface area contributed by atoms with Gasteiger partial charge in [0.2, 0.25) is 0 Å². The van der Waals surface area contributed by atoms with Crippen molar-refractivity contribution in [1.82, 2.24) is 9.97 Å². The highest BCUT2D eigenvalue weighted by Crippen LogP contribution is 2.29. The van der Waals surface area contributed by atoms with Gasteiger partial charge in [-0.3, -0.25) is 0 Å². The number of nitrogen functional groups attached to an aromatic ring is 1. The van der Waals surface area contributed by atoms with E-state index in [4.69, 9.17) is 14.9 Å². The van der Waals surface area contributed by atoms with Crippen LogP contribution in [-0.2, 0) is 0 Å². The molecule has 0 saturated carbocycles. The van der Waals surface area contributed by atoms with Crippen molar-refractivity contribution in [3.05, 3.63) is 59.0 Å². The maximum Gasteiger partial charge on any atom is 0.349 e. The first-order chi connectivity index (χ1) is 13.2. The predicted molar refractivity (Wildman–Crippen MR) is 109 cm³/mol. The van der Waals surface area contributed by atoms with Gasteiger partial charge in [0.1, 0.15) is 22.5 Å². The van der Waals surface area contributed by atoms with Gasteiger partial charge in [0.25, 0.3) is 0 Å². The van der Waals surface area contributed by atoms with Crippen LogP contribution in [0.1, 0.15) is 6.42 Å². The van der Waals surface area contributed by atoms with Gasteiger partial charge in [0.15, 0.2) is 5.82 Å². The molecule has 27 heavy (non-hydrogen) atoms. The lowest BCUT2D eigenvalue weighted by molar-refractivity contribution is 0.319. The smallest absolute Gasteiger partial charge is 0.349 e. The average molecular weight is 426 g/mol. The number of rotatable bonds is 5. The van der Waals surface area contributed by atoms with E-state index in [1.54, 1.807) is 6.07 Å². The van der Waals surface area contributed by atoms with Crippen LogP contribution >= 0.6 is 15.9 Å². The number of fused-ring (bicyclic) bond motifs is 3. The first-order valence-electron chi connectivity index (χ1n) is 8.45. The number of aromatic nitrogens is 2. The van der Waals surface area contributed by atoms with Crippen molar-refractivity contribution in [3.8, 4) is 17.1 Å². The van der Waals surface area contributed by atoms with Crippen molar-refractivity contribution in [1.29, 1.82) is 0 Å². The van der Waals surface area contributed by atoms with Gasteiger partial charge in [0.05, 0.1) is 12.1 Å². The summed E-state index contributed by atoms with van der Waals surface area (Å²) < 4.78 is 11.1. The Kier molecular flexibility index (Phi) is 4.77. The van der Waals surface area contributed by atoms with Gasteiger partial charge < -0.3 is 14.9 Å². The molecule has 0 amide bonds. The molecule has 136 valence electrons. The fourth-order valence-electron chi connectivity index (χ4n) is 2.86. The summed E-state index contributed by atoms with van der Waals surface area (Å²) in [5.41, 5.74) is 7.19. The normalized spacial score (nSPS) is 11.1. The van der Waals surface area contributed by atoms with E-state index in [9.17, 15) is 4.79 Å². The number of hydrogen-bond donors (Lipinski definition) is 1. The second-order valence-electron chi connectivity index (χ2n) is 5.96. The molecule has 0 atom stereocenters. The lowest BCUT2D eigenvalue weighted by atomic mass is 10.1. The number of nitrogens with two attached hydrogens (primary N) is 1. The van der Waals surface area contributed by atoms with Crippen LogP contribution in [0.25, 0.3) is 33.3 Å². The predicted octanol–water partition coefficient (Wildman–Crippen LogP) is 4.15. The zero-order valence-electron chi connectivity index (χ0n) is 14.3. The molecule has 0 aliphatic rings. The summed E-state index contributed by atoms with van der Waals surface area (Å²) in [6.07, 6.45) is 0.879. The Morgan fingerprint density at radius 1 is 1.11 bits per heavy atom. The van der Waals surface area contributed by atoms with E-state index < -0.39 is 5.63 Å². The van der Waals surface area contributed by atoms with Crippen molar-refractivity contribution in [2.75, 3.05) is 17.7 Å². The van der Waals surface area contributed by atoms with Crippen LogP contribution in [-0.4, -0.2) is 21.9 Å². The molecular formula is C20H16BrN3O3. The van der Waals surface area contributed by atoms with Gasteiger partial charge in [-0.2, -0.15) is 0 Å². The van der Waals surface area contributed by atoms with Crippen molar-refractivity contribution in [2.45, 2.75) is 6.42 Å². The molecule has 7 heteroatoms. The third-order valence-corrected chi connectivity index (χ3v) is 4.69. The first kappa shape index (κ1) is 17.5. The highest BCUT2D eigenvalue weighted by molar-refractivity contribution is 9.09. The second-order valence-corrected chi connectivity index (χ2v) is 6.75. The number of nitrogens with zero attached hydrogens (tertiary/aromatic N) is 2. The van der Waals surface area contributed by atoms with Crippen LogP contribution in [0.5, 0.6) is 5.75 Å². The van der Waals surface area contributed by atoms with Crippen LogP contribution in [0.4, 0.5) is 5.82 Å². The molecule has 0 fully saturated rings. The maximum absolute atomic E-state index is 12.5. The highest BCUT2D eigenvalue weighted by Gasteiger charge is 2.16. The highest BCUT2D eigenvalue weighted by atomic mass is 79.9. The van der Waals surface area contributed by atoms with Crippen molar-refractivity contribution in [3.63, 3.8) is 0 Å². The summed E-state index contributed by atoms with van der Waals surface area (Å²) in [4.78, 5) is 21.3. The minimum Gasteiger partial charge on any atom is -0.493 e. The van der Waals surface area contributed by atoms with E-state index in [0.29, 0.717) is 34.7 Å². The molecule has 2 aromatic heterocycles. The zero-order chi connectivity index (χ0) is 18.8. The lowest BCUT2D eigenvalue weighted by Gasteiger charge is -2.09. The van der Waals surface area contributed by atoms with Crippen LogP contribution in [0.15, 0.2) is 57.7 Å². The molecule has 0 saturated heterocycles. The quantitative estimate of drug-likeness (QED) is 0.223. The summed E-state index contributed by atoms with van der Waals surface area (Å²) in [5, 5.41) is 1.73. The molecule has 0 radical (unpaired) electrons. The molecular weight excluding hydrogens is 410 g/mol. The Hall–Kier alpha value is -2.93. The molecule has 6 nitrogen and oxygen atoms in total. The van der Waals surface area contributed by atoms with Gasteiger partial charge in [-0.25, -0.2) is 14.8 Å². The molecule has 4 aromatic rings. The largest absolute Gasteiger partial charge is 0.493 e. The molecule has 0 aliphatic heterocycles. The van der Waals surface area contributed by atoms with Crippen molar-refractivity contribution < 1.29 is 9.15 Å². The Labute approximate surface area is 163 Å². The monoisotopic (exact) mass is 425 g/mol. The van der Waals surface area contributed by atoms with Gasteiger partial charge in [0, 0.05) is 22.3 Å². The molecule has 0 unspecified atom stereocenters. The maximum atomic E-state index is 12.5. The van der Waals surface area contributed by atoms with Gasteiger partial charge >= 0.3 is 5.63 Å². The van der Waals surface area contributed by atoms with E-state index in [1.807, 2.05) is 42.5 Å². The summed E-state index contributed by atoms with van der Waals surface area (Å²) in [6, 6.07) is 14.8. The average Bonchev–Trinajstić information content (AvgIpc) is 2.68. The van der Waals surface area contributed by atoms with Crippen LogP contribution < -0.4 is 16.1 Å². The fraction of sp³-hybridized carbons (Fsp3) is 0.150. The van der Waals surface area contributed by atoms with E-state index in [-0.39, 0.29) is 11.2 Å². The standard InChI is InChI=1S/C20H16BrN3O3/c21-9-4-10-26-13-7-8-14-15(11-13)27-20(25)16-17(14)23-19(24-18(16)22)12-5-2-1-3-6-12/h1-3,5-8,11H,4,9-10H2,(H2,22,23,24). The van der Waals surface area contributed by atoms with Gasteiger partial charge in [-0.05, 0) is 18.6 Å². The Balaban J connectivity index is 1.91. The van der Waals surface area contributed by atoms with Crippen LogP contribution in [0.2, 0.25) is 0 Å². The number of anilines is 1. The summed E-state index contributed by atoms with van der Waals surface area (Å²) in [7, 11) is 0.